The van der Waals surface area contributed by atoms with E-state index >= 15 is 0 Å². The minimum absolute atomic E-state index is 0.0708. The van der Waals surface area contributed by atoms with Crippen LogP contribution in [-0.2, 0) is 14.8 Å². The van der Waals surface area contributed by atoms with E-state index in [-0.39, 0.29) is 16.8 Å². The van der Waals surface area contributed by atoms with Gasteiger partial charge in [-0.3, -0.25) is 4.79 Å². The summed E-state index contributed by atoms with van der Waals surface area (Å²) in [5, 5.41) is 3.53. The van der Waals surface area contributed by atoms with Crippen molar-refractivity contribution in [3.63, 3.8) is 0 Å². The Bertz CT molecular complexity index is 696. The van der Waals surface area contributed by atoms with Crippen LogP contribution in [0.2, 0.25) is 5.02 Å². The molecule has 6 nitrogen and oxygen atoms in total. The number of nitrogens with one attached hydrogen (secondary N) is 2. The molecular formula is C16H23ClN3O3S+. The molecule has 1 saturated carbocycles. The number of sulfonamides is 1. The number of carbonyl (C=O) groups excluding carboxylic acids is 1. The van der Waals surface area contributed by atoms with Gasteiger partial charge in [0.15, 0.2) is 6.04 Å². The Balaban J connectivity index is 1.59. The molecule has 1 aromatic rings. The first kappa shape index (κ1) is 17.7. The highest BCUT2D eigenvalue weighted by molar-refractivity contribution is 7.89. The third-order valence-electron chi connectivity index (χ3n) is 4.75. The highest BCUT2D eigenvalue weighted by Gasteiger charge is 2.35. The van der Waals surface area contributed by atoms with Gasteiger partial charge in [0.25, 0.3) is 5.91 Å². The van der Waals surface area contributed by atoms with Crippen LogP contribution in [0.5, 0.6) is 0 Å². The predicted octanol–water partition coefficient (Wildman–Crippen LogP) is -0.104. The number of rotatable bonds is 5. The molecule has 0 spiro atoms. The summed E-state index contributed by atoms with van der Waals surface area (Å²) in [4.78, 5) is 13.5. The number of benzene rings is 1. The lowest BCUT2D eigenvalue weighted by molar-refractivity contribution is -0.917. The van der Waals surface area contributed by atoms with E-state index < -0.39 is 10.0 Å². The average Bonchev–Trinajstić information content (AvgIpc) is 3.38. The Kier molecular flexibility index (Phi) is 5.15. The number of carbonyl (C=O) groups is 1. The van der Waals surface area contributed by atoms with E-state index in [2.05, 4.69) is 5.32 Å². The number of halogens is 1. The van der Waals surface area contributed by atoms with Crippen molar-refractivity contribution in [3.05, 3.63) is 29.3 Å². The molecule has 1 atom stereocenters. The van der Waals surface area contributed by atoms with Crippen molar-refractivity contribution < 1.29 is 18.1 Å². The van der Waals surface area contributed by atoms with Crippen molar-refractivity contribution in [2.75, 3.05) is 26.2 Å². The summed E-state index contributed by atoms with van der Waals surface area (Å²) < 4.78 is 26.8. The van der Waals surface area contributed by atoms with Crippen LogP contribution in [0.25, 0.3) is 0 Å². The SMILES string of the molecule is C[C@@H](C(=O)NC1CC1)[NH+]1CCN(S(=O)(=O)c2ccc(Cl)cc2)CC1. The fraction of sp³-hybridized carbons (Fsp3) is 0.562. The van der Waals surface area contributed by atoms with Crippen molar-refractivity contribution in [3.8, 4) is 0 Å². The quantitative estimate of drug-likeness (QED) is 0.758. The largest absolute Gasteiger partial charge is 0.348 e. The van der Waals surface area contributed by atoms with Crippen LogP contribution in [-0.4, -0.2) is 56.9 Å². The van der Waals surface area contributed by atoms with Gasteiger partial charge in [0, 0.05) is 11.1 Å². The van der Waals surface area contributed by atoms with Crippen LogP contribution in [0.1, 0.15) is 19.8 Å². The summed E-state index contributed by atoms with van der Waals surface area (Å²) in [6.07, 6.45) is 2.14. The van der Waals surface area contributed by atoms with Crippen molar-refractivity contribution in [2.24, 2.45) is 0 Å². The van der Waals surface area contributed by atoms with Gasteiger partial charge in [-0.25, -0.2) is 8.42 Å². The van der Waals surface area contributed by atoms with Crippen LogP contribution in [0.3, 0.4) is 0 Å². The van der Waals surface area contributed by atoms with Crippen molar-refractivity contribution in [2.45, 2.75) is 36.7 Å². The van der Waals surface area contributed by atoms with E-state index in [0.717, 1.165) is 17.7 Å². The molecule has 2 N–H and O–H groups in total. The lowest BCUT2D eigenvalue weighted by atomic mass is 10.2. The fourth-order valence-corrected chi connectivity index (χ4v) is 4.51. The molecule has 24 heavy (non-hydrogen) atoms. The zero-order valence-electron chi connectivity index (χ0n) is 13.7. The van der Waals surface area contributed by atoms with Gasteiger partial charge in [-0.05, 0) is 44.0 Å². The van der Waals surface area contributed by atoms with E-state index in [1.165, 1.54) is 16.4 Å². The molecule has 132 valence electrons. The van der Waals surface area contributed by atoms with E-state index in [9.17, 15) is 13.2 Å². The molecule has 0 aromatic heterocycles. The molecule has 1 aliphatic heterocycles. The monoisotopic (exact) mass is 372 g/mol. The Morgan fingerprint density at radius 2 is 1.83 bits per heavy atom. The van der Waals surface area contributed by atoms with Gasteiger partial charge in [-0.1, -0.05) is 11.6 Å². The number of hydrogen-bond acceptors (Lipinski definition) is 3. The molecule has 3 rings (SSSR count). The molecule has 2 fully saturated rings. The van der Waals surface area contributed by atoms with Crippen molar-refractivity contribution >= 4 is 27.5 Å². The molecule has 8 heteroatoms. The van der Waals surface area contributed by atoms with Gasteiger partial charge in [-0.15, -0.1) is 0 Å². The number of piperazine rings is 1. The van der Waals surface area contributed by atoms with Crippen molar-refractivity contribution in [1.29, 1.82) is 0 Å². The predicted molar refractivity (Wildman–Crippen MR) is 91.5 cm³/mol. The molecule has 1 heterocycles. The van der Waals surface area contributed by atoms with Crippen molar-refractivity contribution in [1.82, 2.24) is 9.62 Å². The van der Waals surface area contributed by atoms with Crippen LogP contribution in [0, 0.1) is 0 Å². The molecule has 1 saturated heterocycles. The highest BCUT2D eigenvalue weighted by Crippen LogP contribution is 2.19. The summed E-state index contributed by atoms with van der Waals surface area (Å²) in [6, 6.07) is 6.43. The summed E-state index contributed by atoms with van der Waals surface area (Å²) in [5.41, 5.74) is 0. The summed E-state index contributed by atoms with van der Waals surface area (Å²) >= 11 is 5.82. The van der Waals surface area contributed by atoms with E-state index in [1.807, 2.05) is 6.92 Å². The molecule has 1 aromatic carbocycles. The van der Waals surface area contributed by atoms with E-state index in [0.29, 0.717) is 37.2 Å². The molecule has 0 radical (unpaired) electrons. The van der Waals surface area contributed by atoms with Gasteiger partial charge < -0.3 is 10.2 Å². The van der Waals surface area contributed by atoms with Crippen LogP contribution >= 0.6 is 11.6 Å². The van der Waals surface area contributed by atoms with Crippen LogP contribution in [0.4, 0.5) is 0 Å². The number of quaternary nitrogens is 1. The van der Waals surface area contributed by atoms with E-state index in [4.69, 9.17) is 11.6 Å². The second-order valence-electron chi connectivity index (χ2n) is 6.52. The number of hydrogen-bond donors (Lipinski definition) is 2. The number of nitrogens with zero attached hydrogens (tertiary/aromatic N) is 1. The maximum atomic E-state index is 12.7. The van der Waals surface area contributed by atoms with E-state index in [1.54, 1.807) is 12.1 Å². The lowest BCUT2D eigenvalue weighted by Gasteiger charge is -2.34. The third-order valence-corrected chi connectivity index (χ3v) is 6.91. The third kappa shape index (κ3) is 3.91. The second kappa shape index (κ2) is 7.00. The van der Waals surface area contributed by atoms with Gasteiger partial charge >= 0.3 is 0 Å². The maximum absolute atomic E-state index is 12.7. The molecular weight excluding hydrogens is 350 g/mol. The lowest BCUT2D eigenvalue weighted by Crippen LogP contribution is -3.19. The first-order valence-electron chi connectivity index (χ1n) is 8.28. The topological polar surface area (TPSA) is 70.9 Å². The average molecular weight is 373 g/mol. The summed E-state index contributed by atoms with van der Waals surface area (Å²) in [5.74, 6) is 0.0708. The molecule has 0 unspecified atom stereocenters. The second-order valence-corrected chi connectivity index (χ2v) is 8.90. The zero-order valence-corrected chi connectivity index (χ0v) is 15.2. The first-order valence-corrected chi connectivity index (χ1v) is 10.1. The molecule has 0 bridgehead atoms. The minimum atomic E-state index is -3.50. The summed E-state index contributed by atoms with van der Waals surface area (Å²) in [7, 11) is -3.50. The molecule has 1 aliphatic carbocycles. The number of amides is 1. The van der Waals surface area contributed by atoms with Gasteiger partial charge in [0.05, 0.1) is 31.1 Å². The minimum Gasteiger partial charge on any atom is -0.348 e. The fourth-order valence-electron chi connectivity index (χ4n) is 2.94. The highest BCUT2D eigenvalue weighted by atomic mass is 35.5. The zero-order chi connectivity index (χ0) is 17.3. The maximum Gasteiger partial charge on any atom is 0.278 e. The Morgan fingerprint density at radius 3 is 2.38 bits per heavy atom. The smallest absolute Gasteiger partial charge is 0.278 e. The Labute approximate surface area is 147 Å². The van der Waals surface area contributed by atoms with Gasteiger partial charge in [0.2, 0.25) is 10.0 Å². The molecule has 2 aliphatic rings. The van der Waals surface area contributed by atoms with Crippen LogP contribution in [0.15, 0.2) is 29.2 Å². The van der Waals surface area contributed by atoms with Gasteiger partial charge in [-0.2, -0.15) is 4.31 Å². The Hall–Kier alpha value is -1.15. The van der Waals surface area contributed by atoms with Crippen LogP contribution < -0.4 is 10.2 Å². The normalized spacial score (nSPS) is 21.4. The first-order chi connectivity index (χ1) is 11.4. The molecule has 1 amide bonds. The standard InChI is InChI=1S/C16H22ClN3O3S/c1-12(16(21)18-14-4-5-14)19-8-10-20(11-9-19)24(22,23)15-6-2-13(17)3-7-15/h2-3,6-7,12,14H,4-5,8-11H2,1H3,(H,18,21)/p+1/t12-/m0/s1. The Morgan fingerprint density at radius 1 is 1.25 bits per heavy atom. The summed E-state index contributed by atoms with van der Waals surface area (Å²) in [6.45, 7) is 4.01. The van der Waals surface area contributed by atoms with Gasteiger partial charge in [0.1, 0.15) is 0 Å².